The van der Waals surface area contributed by atoms with Gasteiger partial charge in [0.15, 0.2) is 0 Å². The van der Waals surface area contributed by atoms with E-state index in [1.165, 1.54) is 49.0 Å². The number of para-hydroxylation sites is 2. The van der Waals surface area contributed by atoms with Crippen molar-refractivity contribution in [1.29, 1.82) is 0 Å². The van der Waals surface area contributed by atoms with Gasteiger partial charge in [-0.1, -0.05) is 146 Å². The van der Waals surface area contributed by atoms with Crippen LogP contribution in [0.3, 0.4) is 0 Å². The summed E-state index contributed by atoms with van der Waals surface area (Å²) in [5.41, 5.74) is 16.1. The van der Waals surface area contributed by atoms with Gasteiger partial charge in [-0.25, -0.2) is 0 Å². The average Bonchev–Trinajstić information content (AvgIpc) is 4.19. The molecule has 4 heteroatoms. The highest BCUT2D eigenvalue weighted by atomic mass is 16.3. The molecule has 0 bridgehead atoms. The molecule has 0 saturated carbocycles. The van der Waals surface area contributed by atoms with Crippen molar-refractivity contribution >= 4 is 120 Å². The summed E-state index contributed by atoms with van der Waals surface area (Å²) < 4.78 is 25.8. The Morgan fingerprint density at radius 1 is 0.200 bits per heavy atom. The van der Waals surface area contributed by atoms with Crippen LogP contribution >= 0.6 is 0 Å². The fraction of sp³-hybridized carbons (Fsp3) is 0. The maximum absolute atomic E-state index is 6.56. The molecule has 4 nitrogen and oxygen atoms in total. The Hall–Kier alpha value is -9.38. The highest BCUT2D eigenvalue weighted by molar-refractivity contribution is 6.28. The Bertz CT molecular complexity index is 4640. The van der Waals surface area contributed by atoms with E-state index in [1.807, 2.05) is 48.5 Å². The minimum absolute atomic E-state index is 0.846. The van der Waals surface area contributed by atoms with E-state index in [9.17, 15) is 0 Å². The third-order valence-corrected chi connectivity index (χ3v) is 14.9. The monoisotopic (exact) mass is 892 g/mol. The number of benzene rings is 12. The van der Waals surface area contributed by atoms with Crippen LogP contribution in [-0.4, -0.2) is 0 Å². The molecule has 0 unspecified atom stereocenters. The molecule has 0 fully saturated rings. The number of hydrogen-bond acceptors (Lipinski definition) is 4. The van der Waals surface area contributed by atoms with Gasteiger partial charge in [-0.2, -0.15) is 0 Å². The summed E-state index contributed by atoms with van der Waals surface area (Å²) in [6.45, 7) is 0. The molecule has 0 N–H and O–H groups in total. The zero-order valence-electron chi connectivity index (χ0n) is 37.4. The Kier molecular flexibility index (Phi) is 7.58. The standard InChI is InChI=1S/C66H36O4/c1-2-10-40-33-41(24-21-37(40)9-1)38-19-22-39(23-20-38)62-46-15-7-13-44(42-25-27-56-52(34-42)65-60(69-56)31-29-58-63(65)48-11-3-5-17-54(48)67-58)50(46)36-51-45(14-8-16-47(51)62)43-26-28-57-53(35-43)66-61(70-57)32-30-59-64(66)49-12-4-6-18-55(49)68-59/h1-36H. The average molecular weight is 893 g/mol. The van der Waals surface area contributed by atoms with Gasteiger partial charge in [-0.15, -0.1) is 0 Å². The molecular weight excluding hydrogens is 857 g/mol. The van der Waals surface area contributed by atoms with Gasteiger partial charge < -0.3 is 17.7 Å². The lowest BCUT2D eigenvalue weighted by Crippen LogP contribution is -1.91. The number of fused-ring (bicyclic) bond motifs is 17. The van der Waals surface area contributed by atoms with E-state index in [0.29, 0.717) is 0 Å². The van der Waals surface area contributed by atoms with Crippen molar-refractivity contribution in [2.24, 2.45) is 0 Å². The van der Waals surface area contributed by atoms with Crippen molar-refractivity contribution in [3.05, 3.63) is 218 Å². The van der Waals surface area contributed by atoms with Crippen LogP contribution in [0, 0.1) is 0 Å². The molecule has 4 heterocycles. The van der Waals surface area contributed by atoms with E-state index < -0.39 is 0 Å². The summed E-state index contributed by atoms with van der Waals surface area (Å²) in [6.07, 6.45) is 0. The fourth-order valence-electron chi connectivity index (χ4n) is 11.7. The van der Waals surface area contributed by atoms with Gasteiger partial charge in [0.25, 0.3) is 0 Å². The molecule has 0 amide bonds. The van der Waals surface area contributed by atoms with Crippen molar-refractivity contribution < 1.29 is 17.7 Å². The van der Waals surface area contributed by atoms with Crippen molar-refractivity contribution in [1.82, 2.24) is 0 Å². The number of hydrogen-bond donors (Lipinski definition) is 0. The van der Waals surface area contributed by atoms with Crippen molar-refractivity contribution in [3.8, 4) is 44.5 Å². The lowest BCUT2D eigenvalue weighted by atomic mass is 9.85. The first-order valence-electron chi connectivity index (χ1n) is 23.8. The predicted octanol–water partition coefficient (Wildman–Crippen LogP) is 19.4. The summed E-state index contributed by atoms with van der Waals surface area (Å²) in [5.74, 6) is 0. The summed E-state index contributed by atoms with van der Waals surface area (Å²) in [6, 6.07) is 78.3. The summed E-state index contributed by atoms with van der Waals surface area (Å²) in [7, 11) is 0. The molecule has 0 radical (unpaired) electrons. The van der Waals surface area contributed by atoms with Crippen LogP contribution in [0.4, 0.5) is 0 Å². The molecule has 16 aromatic rings. The second kappa shape index (κ2) is 14.1. The minimum Gasteiger partial charge on any atom is -0.456 e. The first-order valence-corrected chi connectivity index (χ1v) is 23.8. The summed E-state index contributed by atoms with van der Waals surface area (Å²) in [4.78, 5) is 0. The molecule has 0 aliphatic heterocycles. The largest absolute Gasteiger partial charge is 0.456 e. The zero-order valence-corrected chi connectivity index (χ0v) is 37.4. The number of rotatable bonds is 4. The second-order valence-electron chi connectivity index (χ2n) is 18.6. The zero-order chi connectivity index (χ0) is 45.6. The summed E-state index contributed by atoms with van der Waals surface area (Å²) in [5, 5.41) is 15.8. The van der Waals surface area contributed by atoms with E-state index in [0.717, 1.165) is 116 Å². The van der Waals surface area contributed by atoms with Crippen LogP contribution in [0.5, 0.6) is 0 Å². The molecule has 16 rings (SSSR count). The summed E-state index contributed by atoms with van der Waals surface area (Å²) >= 11 is 0. The normalized spacial score (nSPS) is 12.3. The third-order valence-electron chi connectivity index (χ3n) is 14.9. The van der Waals surface area contributed by atoms with E-state index >= 15 is 0 Å². The lowest BCUT2D eigenvalue weighted by Gasteiger charge is -2.18. The van der Waals surface area contributed by atoms with Crippen molar-refractivity contribution in [2.75, 3.05) is 0 Å². The van der Waals surface area contributed by atoms with Gasteiger partial charge in [-0.05, 0) is 150 Å². The molecule has 12 aromatic carbocycles. The van der Waals surface area contributed by atoms with Crippen LogP contribution in [0.2, 0.25) is 0 Å². The van der Waals surface area contributed by atoms with Crippen LogP contribution < -0.4 is 0 Å². The smallest absolute Gasteiger partial charge is 0.136 e. The molecule has 70 heavy (non-hydrogen) atoms. The number of furan rings is 4. The maximum atomic E-state index is 6.56. The van der Waals surface area contributed by atoms with Crippen molar-refractivity contribution in [3.63, 3.8) is 0 Å². The quantitative estimate of drug-likeness (QED) is 0.165. The van der Waals surface area contributed by atoms with Crippen LogP contribution in [-0.2, 0) is 0 Å². The SMILES string of the molecule is c1ccc2cc(-c3ccc(-c4c5cccc(-c6ccc7oc8ccc9oc%10ccccc%10c9c8c7c6)c5cc5c(-c6ccc7oc8ccc9oc%10ccccc%10c9c8c7c6)cccc45)cc3)ccc2c1. The van der Waals surface area contributed by atoms with E-state index in [-0.39, 0.29) is 0 Å². The Labute approximate surface area is 398 Å². The fourth-order valence-corrected chi connectivity index (χ4v) is 11.7. The van der Waals surface area contributed by atoms with Crippen molar-refractivity contribution in [2.45, 2.75) is 0 Å². The molecule has 324 valence electrons. The van der Waals surface area contributed by atoms with Gasteiger partial charge >= 0.3 is 0 Å². The van der Waals surface area contributed by atoms with Crippen LogP contribution in [0.15, 0.2) is 236 Å². The lowest BCUT2D eigenvalue weighted by molar-refractivity contribution is 0.663. The molecule has 4 aromatic heterocycles. The molecule has 0 aliphatic carbocycles. The van der Waals surface area contributed by atoms with Gasteiger partial charge in [-0.3, -0.25) is 0 Å². The second-order valence-corrected chi connectivity index (χ2v) is 18.6. The maximum Gasteiger partial charge on any atom is 0.136 e. The van der Waals surface area contributed by atoms with Gasteiger partial charge in [0.05, 0.1) is 0 Å². The van der Waals surface area contributed by atoms with E-state index in [1.54, 1.807) is 0 Å². The Balaban J connectivity index is 0.948. The molecule has 0 aliphatic rings. The molecule has 0 spiro atoms. The molecule has 0 atom stereocenters. The predicted molar refractivity (Wildman–Crippen MR) is 290 cm³/mol. The third kappa shape index (κ3) is 5.36. The Morgan fingerprint density at radius 3 is 1.14 bits per heavy atom. The van der Waals surface area contributed by atoms with E-state index in [2.05, 4.69) is 170 Å². The highest BCUT2D eigenvalue weighted by Gasteiger charge is 2.21. The topological polar surface area (TPSA) is 52.6 Å². The van der Waals surface area contributed by atoms with Gasteiger partial charge in [0.1, 0.15) is 44.7 Å². The Morgan fingerprint density at radius 2 is 0.600 bits per heavy atom. The highest BCUT2D eigenvalue weighted by Crippen LogP contribution is 2.47. The van der Waals surface area contributed by atoms with E-state index in [4.69, 9.17) is 17.7 Å². The molecule has 0 saturated heterocycles. The molecular formula is C66H36O4. The van der Waals surface area contributed by atoms with Crippen LogP contribution in [0.1, 0.15) is 0 Å². The van der Waals surface area contributed by atoms with Crippen LogP contribution in [0.25, 0.3) is 165 Å². The first-order chi connectivity index (χ1) is 34.7. The van der Waals surface area contributed by atoms with Gasteiger partial charge in [0.2, 0.25) is 0 Å². The first kappa shape index (κ1) is 37.7. The minimum atomic E-state index is 0.846. The van der Waals surface area contributed by atoms with Gasteiger partial charge in [0, 0.05) is 43.1 Å².